The molecule has 0 spiro atoms. The van der Waals surface area contributed by atoms with Crippen LogP contribution >= 0.6 is 0 Å². The predicted molar refractivity (Wildman–Crippen MR) is 73.4 cm³/mol. The first-order chi connectivity index (χ1) is 8.30. The van der Waals surface area contributed by atoms with Crippen molar-refractivity contribution in [3.63, 3.8) is 0 Å². The van der Waals surface area contributed by atoms with E-state index in [0.29, 0.717) is 6.04 Å². The summed E-state index contributed by atoms with van der Waals surface area (Å²) >= 11 is 0. The zero-order valence-corrected chi connectivity index (χ0v) is 11.3. The standard InChI is InChI=1S/C15H25NO/c1-4-7-14(5-2)16-12-13-8-10-15(11-9-13)17-6-3/h8-11,14,16H,4-7,12H2,1-3H3. The van der Waals surface area contributed by atoms with E-state index in [1.165, 1.54) is 24.8 Å². The minimum atomic E-state index is 0.645. The summed E-state index contributed by atoms with van der Waals surface area (Å²) in [5.74, 6) is 0.955. The largest absolute Gasteiger partial charge is 0.494 e. The van der Waals surface area contributed by atoms with Gasteiger partial charge in [-0.3, -0.25) is 0 Å². The third kappa shape index (κ3) is 5.22. The van der Waals surface area contributed by atoms with E-state index < -0.39 is 0 Å². The highest BCUT2D eigenvalue weighted by Crippen LogP contribution is 2.12. The zero-order chi connectivity index (χ0) is 12.5. The first kappa shape index (κ1) is 14.0. The van der Waals surface area contributed by atoms with Crippen LogP contribution in [0.1, 0.15) is 45.6 Å². The third-order valence-electron chi connectivity index (χ3n) is 2.96. The van der Waals surface area contributed by atoms with Crippen molar-refractivity contribution < 1.29 is 4.74 Å². The summed E-state index contributed by atoms with van der Waals surface area (Å²) in [6.07, 6.45) is 3.70. The number of ether oxygens (including phenoxy) is 1. The van der Waals surface area contributed by atoms with E-state index in [4.69, 9.17) is 4.74 Å². The molecule has 17 heavy (non-hydrogen) atoms. The topological polar surface area (TPSA) is 21.3 Å². The monoisotopic (exact) mass is 235 g/mol. The molecular formula is C15H25NO. The zero-order valence-electron chi connectivity index (χ0n) is 11.3. The van der Waals surface area contributed by atoms with E-state index in [2.05, 4.69) is 31.3 Å². The molecule has 0 bridgehead atoms. The second-order valence-electron chi connectivity index (χ2n) is 4.35. The van der Waals surface area contributed by atoms with Crippen LogP contribution in [0.15, 0.2) is 24.3 Å². The van der Waals surface area contributed by atoms with Crippen LogP contribution in [0.2, 0.25) is 0 Å². The fraction of sp³-hybridized carbons (Fsp3) is 0.600. The van der Waals surface area contributed by atoms with E-state index in [9.17, 15) is 0 Å². The minimum Gasteiger partial charge on any atom is -0.494 e. The van der Waals surface area contributed by atoms with Crippen molar-refractivity contribution in [1.82, 2.24) is 5.32 Å². The lowest BCUT2D eigenvalue weighted by molar-refractivity contribution is 0.340. The van der Waals surface area contributed by atoms with Crippen LogP contribution in [0, 0.1) is 0 Å². The maximum absolute atomic E-state index is 5.43. The molecule has 1 unspecified atom stereocenters. The first-order valence-corrected chi connectivity index (χ1v) is 6.75. The van der Waals surface area contributed by atoms with Crippen LogP contribution in [0.25, 0.3) is 0 Å². The summed E-state index contributed by atoms with van der Waals surface area (Å²) in [5.41, 5.74) is 1.32. The molecule has 0 radical (unpaired) electrons. The third-order valence-corrected chi connectivity index (χ3v) is 2.96. The van der Waals surface area contributed by atoms with Gasteiger partial charge in [-0.05, 0) is 37.5 Å². The molecule has 1 atom stereocenters. The van der Waals surface area contributed by atoms with Crippen LogP contribution in [0.4, 0.5) is 0 Å². The molecule has 96 valence electrons. The highest BCUT2D eigenvalue weighted by Gasteiger charge is 2.03. The molecule has 0 amide bonds. The molecule has 1 aromatic carbocycles. The number of hydrogen-bond acceptors (Lipinski definition) is 2. The average Bonchev–Trinajstić information content (AvgIpc) is 2.36. The van der Waals surface area contributed by atoms with Gasteiger partial charge in [0.05, 0.1) is 6.61 Å². The van der Waals surface area contributed by atoms with Crippen molar-refractivity contribution in [1.29, 1.82) is 0 Å². The molecule has 0 aliphatic rings. The first-order valence-electron chi connectivity index (χ1n) is 6.75. The van der Waals surface area contributed by atoms with Gasteiger partial charge in [0.2, 0.25) is 0 Å². The van der Waals surface area contributed by atoms with Crippen LogP contribution in [-0.4, -0.2) is 12.6 Å². The Bertz CT molecular complexity index is 294. The smallest absolute Gasteiger partial charge is 0.119 e. The summed E-state index contributed by atoms with van der Waals surface area (Å²) in [6, 6.07) is 9.00. The van der Waals surface area contributed by atoms with E-state index in [-0.39, 0.29) is 0 Å². The van der Waals surface area contributed by atoms with Gasteiger partial charge in [-0.2, -0.15) is 0 Å². The van der Waals surface area contributed by atoms with Gasteiger partial charge < -0.3 is 10.1 Å². The fourth-order valence-electron chi connectivity index (χ4n) is 1.93. The predicted octanol–water partition coefficient (Wildman–Crippen LogP) is 3.75. The molecule has 0 fully saturated rings. The van der Waals surface area contributed by atoms with Crippen molar-refractivity contribution >= 4 is 0 Å². The fourth-order valence-corrected chi connectivity index (χ4v) is 1.93. The summed E-state index contributed by atoms with van der Waals surface area (Å²) in [4.78, 5) is 0. The molecule has 2 heteroatoms. The number of hydrogen-bond donors (Lipinski definition) is 1. The Labute approximate surface area is 105 Å². The molecule has 0 aliphatic carbocycles. The molecule has 1 N–H and O–H groups in total. The van der Waals surface area contributed by atoms with Crippen LogP contribution in [0.3, 0.4) is 0 Å². The van der Waals surface area contributed by atoms with Crippen molar-refractivity contribution in [3.8, 4) is 5.75 Å². The lowest BCUT2D eigenvalue weighted by Gasteiger charge is -2.16. The summed E-state index contributed by atoms with van der Waals surface area (Å²) in [7, 11) is 0. The van der Waals surface area contributed by atoms with Crippen molar-refractivity contribution in [2.45, 2.75) is 52.6 Å². The average molecular weight is 235 g/mol. The molecule has 0 saturated heterocycles. The minimum absolute atomic E-state index is 0.645. The SMILES string of the molecule is CCCC(CC)NCc1ccc(OCC)cc1. The molecule has 0 heterocycles. The van der Waals surface area contributed by atoms with Gasteiger partial charge >= 0.3 is 0 Å². The molecule has 1 aromatic rings. The van der Waals surface area contributed by atoms with Gasteiger partial charge in [-0.15, -0.1) is 0 Å². The van der Waals surface area contributed by atoms with Crippen LogP contribution in [-0.2, 0) is 6.54 Å². The van der Waals surface area contributed by atoms with Gasteiger partial charge in [0, 0.05) is 12.6 Å². The van der Waals surface area contributed by atoms with Crippen molar-refractivity contribution in [2.75, 3.05) is 6.61 Å². The van der Waals surface area contributed by atoms with Crippen molar-refractivity contribution in [3.05, 3.63) is 29.8 Å². The maximum atomic E-state index is 5.43. The Morgan fingerprint density at radius 3 is 2.35 bits per heavy atom. The van der Waals surface area contributed by atoms with Gasteiger partial charge in [0.1, 0.15) is 5.75 Å². The summed E-state index contributed by atoms with van der Waals surface area (Å²) in [6.45, 7) is 8.16. The van der Waals surface area contributed by atoms with Crippen molar-refractivity contribution in [2.24, 2.45) is 0 Å². The number of rotatable bonds is 8. The van der Waals surface area contributed by atoms with E-state index >= 15 is 0 Å². The summed E-state index contributed by atoms with van der Waals surface area (Å²) in [5, 5.41) is 3.60. The van der Waals surface area contributed by atoms with Gasteiger partial charge in [0.25, 0.3) is 0 Å². The van der Waals surface area contributed by atoms with Crippen LogP contribution < -0.4 is 10.1 Å². The highest BCUT2D eigenvalue weighted by atomic mass is 16.5. The second kappa shape index (κ2) is 8.13. The highest BCUT2D eigenvalue weighted by molar-refractivity contribution is 5.27. The lowest BCUT2D eigenvalue weighted by Crippen LogP contribution is -2.27. The van der Waals surface area contributed by atoms with E-state index in [1.807, 2.05) is 19.1 Å². The van der Waals surface area contributed by atoms with Crippen LogP contribution in [0.5, 0.6) is 5.75 Å². The Kier molecular flexibility index (Phi) is 6.71. The van der Waals surface area contributed by atoms with Gasteiger partial charge in [-0.1, -0.05) is 32.4 Å². The number of benzene rings is 1. The maximum Gasteiger partial charge on any atom is 0.119 e. The Morgan fingerprint density at radius 2 is 1.82 bits per heavy atom. The molecule has 2 nitrogen and oxygen atoms in total. The molecular weight excluding hydrogens is 210 g/mol. The molecule has 0 saturated carbocycles. The lowest BCUT2D eigenvalue weighted by atomic mass is 10.1. The van der Waals surface area contributed by atoms with Gasteiger partial charge in [-0.25, -0.2) is 0 Å². The van der Waals surface area contributed by atoms with Gasteiger partial charge in [0.15, 0.2) is 0 Å². The Hall–Kier alpha value is -1.02. The summed E-state index contributed by atoms with van der Waals surface area (Å²) < 4.78 is 5.43. The molecule has 0 aromatic heterocycles. The quantitative estimate of drug-likeness (QED) is 0.741. The normalized spacial score (nSPS) is 12.4. The number of nitrogens with one attached hydrogen (secondary N) is 1. The molecule has 0 aliphatic heterocycles. The van der Waals surface area contributed by atoms with E-state index in [1.54, 1.807) is 0 Å². The Balaban J connectivity index is 2.40. The second-order valence-corrected chi connectivity index (χ2v) is 4.35. The van der Waals surface area contributed by atoms with E-state index in [0.717, 1.165) is 18.9 Å². The Morgan fingerprint density at radius 1 is 1.12 bits per heavy atom. The molecule has 1 rings (SSSR count).